The van der Waals surface area contributed by atoms with E-state index >= 15 is 0 Å². The highest BCUT2D eigenvalue weighted by atomic mass is 19.1. The molecule has 0 bridgehead atoms. The monoisotopic (exact) mass is 226 g/mol. The van der Waals surface area contributed by atoms with Crippen molar-refractivity contribution in [1.29, 1.82) is 0 Å². The predicted molar refractivity (Wildman–Crippen MR) is 59.1 cm³/mol. The van der Waals surface area contributed by atoms with Crippen LogP contribution in [0, 0.1) is 0 Å². The molecule has 0 spiro atoms. The average molecular weight is 226 g/mol. The maximum atomic E-state index is 13.8. The molecule has 1 aromatic rings. The van der Waals surface area contributed by atoms with Crippen molar-refractivity contribution in [3.05, 3.63) is 23.3 Å². The summed E-state index contributed by atoms with van der Waals surface area (Å²) in [5.74, 6) is 0.679. The number of carbonyl (C=O) groups is 1. The fourth-order valence-electron chi connectivity index (χ4n) is 1.42. The summed E-state index contributed by atoms with van der Waals surface area (Å²) in [5, 5.41) is 0. The van der Waals surface area contributed by atoms with Crippen molar-refractivity contribution in [2.24, 2.45) is 0 Å². The molecule has 0 fully saturated rings. The summed E-state index contributed by atoms with van der Waals surface area (Å²) in [4.78, 5) is 10.9. The molecule has 3 nitrogen and oxygen atoms in total. The van der Waals surface area contributed by atoms with Crippen molar-refractivity contribution in [2.75, 3.05) is 14.2 Å². The Kier molecular flexibility index (Phi) is 3.52. The predicted octanol–water partition coefficient (Wildman–Crippen LogP) is 2.72. The standard InChI is InChI=1S/C12H15FO3/c1-12(2,13)9-5-8(7-14)11(16-4)10(6-9)15-3/h5-7H,1-4H3. The van der Waals surface area contributed by atoms with Crippen LogP contribution < -0.4 is 9.47 Å². The van der Waals surface area contributed by atoms with E-state index in [1.54, 1.807) is 0 Å². The number of aldehydes is 1. The number of alkyl halides is 1. The average Bonchev–Trinajstić information content (AvgIpc) is 2.25. The van der Waals surface area contributed by atoms with E-state index in [9.17, 15) is 9.18 Å². The lowest BCUT2D eigenvalue weighted by Gasteiger charge is -2.18. The molecule has 0 saturated heterocycles. The van der Waals surface area contributed by atoms with Gasteiger partial charge < -0.3 is 9.47 Å². The summed E-state index contributed by atoms with van der Waals surface area (Å²) in [6, 6.07) is 3.00. The van der Waals surface area contributed by atoms with Crippen LogP contribution in [-0.4, -0.2) is 20.5 Å². The molecule has 1 aromatic carbocycles. The zero-order chi connectivity index (χ0) is 12.3. The van der Waals surface area contributed by atoms with E-state index in [0.717, 1.165) is 0 Å². The van der Waals surface area contributed by atoms with Gasteiger partial charge in [0.1, 0.15) is 5.67 Å². The number of rotatable bonds is 4. The summed E-state index contributed by atoms with van der Waals surface area (Å²) in [6.45, 7) is 2.84. The van der Waals surface area contributed by atoms with Gasteiger partial charge in [-0.25, -0.2) is 4.39 Å². The molecule has 0 heterocycles. The Hall–Kier alpha value is -1.58. The van der Waals surface area contributed by atoms with Gasteiger partial charge in [-0.05, 0) is 31.5 Å². The van der Waals surface area contributed by atoms with Crippen LogP contribution in [0.15, 0.2) is 12.1 Å². The second-order valence-corrected chi connectivity index (χ2v) is 3.89. The van der Waals surface area contributed by atoms with E-state index in [4.69, 9.17) is 9.47 Å². The zero-order valence-electron chi connectivity index (χ0n) is 9.83. The zero-order valence-corrected chi connectivity index (χ0v) is 9.83. The van der Waals surface area contributed by atoms with Gasteiger partial charge in [-0.15, -0.1) is 0 Å². The van der Waals surface area contributed by atoms with E-state index in [2.05, 4.69) is 0 Å². The van der Waals surface area contributed by atoms with Crippen molar-refractivity contribution >= 4 is 6.29 Å². The first-order valence-corrected chi connectivity index (χ1v) is 4.84. The maximum Gasteiger partial charge on any atom is 0.171 e. The second kappa shape index (κ2) is 4.51. The number of ether oxygens (including phenoxy) is 2. The van der Waals surface area contributed by atoms with Crippen molar-refractivity contribution in [1.82, 2.24) is 0 Å². The van der Waals surface area contributed by atoms with Gasteiger partial charge in [0.15, 0.2) is 17.8 Å². The van der Waals surface area contributed by atoms with Crippen LogP contribution in [0.1, 0.15) is 29.8 Å². The third kappa shape index (κ3) is 2.32. The smallest absolute Gasteiger partial charge is 0.171 e. The second-order valence-electron chi connectivity index (χ2n) is 3.89. The molecule has 0 unspecified atom stereocenters. The Morgan fingerprint density at radius 3 is 2.25 bits per heavy atom. The number of benzene rings is 1. The van der Waals surface area contributed by atoms with E-state index in [1.165, 1.54) is 40.2 Å². The number of hydrogen-bond acceptors (Lipinski definition) is 3. The van der Waals surface area contributed by atoms with Crippen LogP contribution >= 0.6 is 0 Å². The van der Waals surface area contributed by atoms with Gasteiger partial charge in [0, 0.05) is 0 Å². The molecule has 0 amide bonds. The van der Waals surface area contributed by atoms with Crippen LogP contribution in [0.25, 0.3) is 0 Å². The van der Waals surface area contributed by atoms with Gasteiger partial charge in [-0.3, -0.25) is 4.79 Å². The first kappa shape index (κ1) is 12.5. The van der Waals surface area contributed by atoms with Crippen molar-refractivity contribution in [2.45, 2.75) is 19.5 Å². The first-order valence-electron chi connectivity index (χ1n) is 4.84. The summed E-state index contributed by atoms with van der Waals surface area (Å²) in [7, 11) is 2.88. The number of hydrogen-bond donors (Lipinski definition) is 0. The lowest BCUT2D eigenvalue weighted by Crippen LogP contribution is -2.10. The molecule has 0 aliphatic rings. The molecule has 0 aliphatic carbocycles. The molecule has 0 N–H and O–H groups in total. The Labute approximate surface area is 94.2 Å². The number of methoxy groups -OCH3 is 2. The van der Waals surface area contributed by atoms with Gasteiger partial charge in [-0.2, -0.15) is 0 Å². The van der Waals surface area contributed by atoms with Gasteiger partial charge >= 0.3 is 0 Å². The van der Waals surface area contributed by atoms with Gasteiger partial charge in [0.25, 0.3) is 0 Å². The summed E-state index contributed by atoms with van der Waals surface area (Å²) < 4.78 is 23.9. The fraction of sp³-hybridized carbons (Fsp3) is 0.417. The van der Waals surface area contributed by atoms with Crippen molar-refractivity contribution < 1.29 is 18.7 Å². The minimum Gasteiger partial charge on any atom is -0.493 e. The summed E-state index contributed by atoms with van der Waals surface area (Å²) in [5.41, 5.74) is -0.869. The van der Waals surface area contributed by atoms with E-state index in [1.807, 2.05) is 0 Å². The van der Waals surface area contributed by atoms with Gasteiger partial charge in [0.2, 0.25) is 0 Å². The van der Waals surface area contributed by atoms with Crippen LogP contribution in [0.4, 0.5) is 4.39 Å². The molecule has 0 saturated carbocycles. The summed E-state index contributed by atoms with van der Waals surface area (Å²) >= 11 is 0. The van der Waals surface area contributed by atoms with Crippen LogP contribution in [0.5, 0.6) is 11.5 Å². The number of carbonyl (C=O) groups excluding carboxylic acids is 1. The maximum absolute atomic E-state index is 13.8. The molecule has 16 heavy (non-hydrogen) atoms. The molecular weight excluding hydrogens is 211 g/mol. The minimum atomic E-state index is -1.53. The van der Waals surface area contributed by atoms with Crippen molar-refractivity contribution in [3.8, 4) is 11.5 Å². The Morgan fingerprint density at radius 1 is 1.25 bits per heavy atom. The topological polar surface area (TPSA) is 35.5 Å². The third-order valence-corrected chi connectivity index (χ3v) is 2.32. The van der Waals surface area contributed by atoms with E-state index < -0.39 is 5.67 Å². The molecule has 0 radical (unpaired) electrons. The SMILES string of the molecule is COc1cc(C(C)(C)F)cc(C=O)c1OC. The highest BCUT2D eigenvalue weighted by Crippen LogP contribution is 2.36. The Bertz CT molecular complexity index is 394. The highest BCUT2D eigenvalue weighted by Gasteiger charge is 2.23. The van der Waals surface area contributed by atoms with E-state index in [0.29, 0.717) is 23.3 Å². The van der Waals surface area contributed by atoms with Gasteiger partial charge in [0.05, 0.1) is 19.8 Å². The Balaban J connectivity index is 3.43. The first-order chi connectivity index (χ1) is 7.43. The van der Waals surface area contributed by atoms with Crippen LogP contribution in [0.2, 0.25) is 0 Å². The van der Waals surface area contributed by atoms with Gasteiger partial charge in [-0.1, -0.05) is 0 Å². The lowest BCUT2D eigenvalue weighted by atomic mass is 9.97. The quantitative estimate of drug-likeness (QED) is 0.740. The molecule has 1 rings (SSSR count). The minimum absolute atomic E-state index is 0.280. The molecule has 0 aromatic heterocycles. The molecule has 4 heteroatoms. The molecule has 88 valence electrons. The van der Waals surface area contributed by atoms with Crippen LogP contribution in [-0.2, 0) is 5.67 Å². The van der Waals surface area contributed by atoms with E-state index in [-0.39, 0.29) is 5.56 Å². The van der Waals surface area contributed by atoms with Crippen LogP contribution in [0.3, 0.4) is 0 Å². The van der Waals surface area contributed by atoms with Crippen molar-refractivity contribution in [3.63, 3.8) is 0 Å². The largest absolute Gasteiger partial charge is 0.493 e. The molecule has 0 aliphatic heterocycles. The number of halogens is 1. The summed E-state index contributed by atoms with van der Waals surface area (Å²) in [6.07, 6.45) is 0.622. The third-order valence-electron chi connectivity index (χ3n) is 2.32. The lowest BCUT2D eigenvalue weighted by molar-refractivity contribution is 0.111. The molecule has 0 atom stereocenters. The highest BCUT2D eigenvalue weighted by molar-refractivity contribution is 5.82. The Morgan fingerprint density at radius 2 is 1.88 bits per heavy atom. The normalized spacial score (nSPS) is 11.1. The fourth-order valence-corrected chi connectivity index (χ4v) is 1.42. The molecular formula is C12H15FO3.